The van der Waals surface area contributed by atoms with Crippen LogP contribution in [0, 0.1) is 0 Å². The van der Waals surface area contributed by atoms with Crippen molar-refractivity contribution in [2.75, 3.05) is 6.61 Å². The Morgan fingerprint density at radius 1 is 1.43 bits per heavy atom. The zero-order valence-electron chi connectivity index (χ0n) is 11.0. The van der Waals surface area contributed by atoms with Gasteiger partial charge in [0, 0.05) is 0 Å². The second kappa shape index (κ2) is 6.41. The Morgan fingerprint density at radius 3 is 2.90 bits per heavy atom. The Bertz CT molecular complexity index is 648. The Balaban J connectivity index is 1.99. The molecule has 0 saturated heterocycles. The molecular formula is C11H11N5O5. The number of rotatable bonds is 5. The molecule has 0 saturated carbocycles. The predicted molar refractivity (Wildman–Crippen MR) is 65.0 cm³/mol. The molecule has 0 aromatic carbocycles. The molecular weight excluding hydrogens is 282 g/mol. The highest BCUT2D eigenvalue weighted by Gasteiger charge is 2.20. The van der Waals surface area contributed by atoms with Crippen LogP contribution in [-0.4, -0.2) is 44.6 Å². The van der Waals surface area contributed by atoms with Gasteiger partial charge in [-0.3, -0.25) is 14.9 Å². The summed E-state index contributed by atoms with van der Waals surface area (Å²) in [6.45, 7) is 1.36. The number of imide groups is 1. The van der Waals surface area contributed by atoms with E-state index in [1.807, 2.05) is 0 Å². The Morgan fingerprint density at radius 2 is 2.24 bits per heavy atom. The molecule has 2 heterocycles. The van der Waals surface area contributed by atoms with Crippen LogP contribution >= 0.6 is 0 Å². The number of ether oxygens (including phenoxy) is 1. The van der Waals surface area contributed by atoms with Crippen LogP contribution in [0.5, 0.6) is 0 Å². The SMILES string of the molecule is CCOC(=O)c1nnnn1CC(=O)NC(=O)c1ccco1. The first-order chi connectivity index (χ1) is 10.1. The van der Waals surface area contributed by atoms with Gasteiger partial charge in [-0.05, 0) is 29.5 Å². The number of carbonyl (C=O) groups is 3. The average molecular weight is 293 g/mol. The molecule has 2 aromatic heterocycles. The number of hydrogen-bond acceptors (Lipinski definition) is 8. The minimum absolute atomic E-state index is 0.00863. The summed E-state index contributed by atoms with van der Waals surface area (Å²) in [5.41, 5.74) is 0. The maximum absolute atomic E-state index is 11.7. The van der Waals surface area contributed by atoms with Crippen molar-refractivity contribution in [2.24, 2.45) is 0 Å². The molecule has 2 aromatic rings. The highest BCUT2D eigenvalue weighted by Crippen LogP contribution is 2.00. The standard InChI is InChI=1S/C11H11N5O5/c1-2-20-11(19)9-13-14-15-16(9)6-8(17)12-10(18)7-4-3-5-21-7/h3-5H,2,6H2,1H3,(H,12,17,18). The summed E-state index contributed by atoms with van der Waals surface area (Å²) in [4.78, 5) is 34.8. The molecule has 10 nitrogen and oxygen atoms in total. The van der Waals surface area contributed by atoms with E-state index in [1.54, 1.807) is 6.92 Å². The van der Waals surface area contributed by atoms with Crippen molar-refractivity contribution in [1.82, 2.24) is 25.5 Å². The first-order valence-corrected chi connectivity index (χ1v) is 5.92. The zero-order valence-corrected chi connectivity index (χ0v) is 11.0. The molecule has 2 amide bonds. The number of tetrazole rings is 1. The van der Waals surface area contributed by atoms with Crippen LogP contribution in [0.15, 0.2) is 22.8 Å². The minimum Gasteiger partial charge on any atom is -0.460 e. The summed E-state index contributed by atoms with van der Waals surface area (Å²) < 4.78 is 10.5. The van der Waals surface area contributed by atoms with Crippen LogP contribution in [0.25, 0.3) is 0 Å². The third kappa shape index (κ3) is 3.49. The second-order valence-corrected chi connectivity index (χ2v) is 3.74. The lowest BCUT2D eigenvalue weighted by Gasteiger charge is -2.04. The first-order valence-electron chi connectivity index (χ1n) is 5.92. The molecule has 0 aliphatic rings. The summed E-state index contributed by atoms with van der Waals surface area (Å²) >= 11 is 0. The summed E-state index contributed by atoms with van der Waals surface area (Å²) in [5.74, 6) is -2.39. The first kappa shape index (κ1) is 14.4. The largest absolute Gasteiger partial charge is 0.460 e. The van der Waals surface area contributed by atoms with Gasteiger partial charge in [-0.25, -0.2) is 9.48 Å². The van der Waals surface area contributed by atoms with Crippen molar-refractivity contribution in [1.29, 1.82) is 0 Å². The van der Waals surface area contributed by atoms with Gasteiger partial charge in [0.05, 0.1) is 12.9 Å². The Kier molecular flexibility index (Phi) is 4.39. The molecule has 0 bridgehead atoms. The monoisotopic (exact) mass is 293 g/mol. The van der Waals surface area contributed by atoms with E-state index < -0.39 is 24.3 Å². The molecule has 2 rings (SSSR count). The summed E-state index contributed by atoms with van der Waals surface area (Å²) in [7, 11) is 0. The van der Waals surface area contributed by atoms with Crippen molar-refractivity contribution < 1.29 is 23.5 Å². The Labute approximate surface area is 118 Å². The summed E-state index contributed by atoms with van der Waals surface area (Å²) in [6, 6.07) is 2.92. The number of aromatic nitrogens is 4. The number of esters is 1. The van der Waals surface area contributed by atoms with Crippen LogP contribution in [0.4, 0.5) is 0 Å². The Hall–Kier alpha value is -3.04. The van der Waals surface area contributed by atoms with Crippen molar-refractivity contribution in [2.45, 2.75) is 13.5 Å². The normalized spacial score (nSPS) is 10.1. The van der Waals surface area contributed by atoms with Gasteiger partial charge in [0.25, 0.3) is 11.7 Å². The molecule has 0 aliphatic carbocycles. The smallest absolute Gasteiger partial charge is 0.378 e. The van der Waals surface area contributed by atoms with Crippen molar-refractivity contribution in [3.05, 3.63) is 30.0 Å². The van der Waals surface area contributed by atoms with Gasteiger partial charge >= 0.3 is 5.97 Å². The molecule has 0 aliphatic heterocycles. The lowest BCUT2D eigenvalue weighted by atomic mass is 10.4. The van der Waals surface area contributed by atoms with E-state index in [4.69, 9.17) is 9.15 Å². The minimum atomic E-state index is -0.757. The fourth-order valence-corrected chi connectivity index (χ4v) is 1.42. The highest BCUT2D eigenvalue weighted by atomic mass is 16.5. The van der Waals surface area contributed by atoms with Gasteiger partial charge in [-0.15, -0.1) is 5.10 Å². The van der Waals surface area contributed by atoms with Gasteiger partial charge in [0.2, 0.25) is 5.91 Å². The van der Waals surface area contributed by atoms with Gasteiger partial charge in [0.1, 0.15) is 6.54 Å². The molecule has 10 heteroatoms. The maximum atomic E-state index is 11.7. The lowest BCUT2D eigenvalue weighted by Crippen LogP contribution is -2.34. The number of carbonyl (C=O) groups excluding carboxylic acids is 3. The van der Waals surface area contributed by atoms with Crippen LogP contribution < -0.4 is 5.32 Å². The van der Waals surface area contributed by atoms with E-state index in [1.165, 1.54) is 18.4 Å². The van der Waals surface area contributed by atoms with E-state index in [0.29, 0.717) is 0 Å². The summed E-state index contributed by atoms with van der Waals surface area (Å²) in [5, 5.41) is 12.3. The van der Waals surface area contributed by atoms with E-state index in [2.05, 4.69) is 20.8 Å². The molecule has 0 atom stereocenters. The van der Waals surface area contributed by atoms with E-state index in [-0.39, 0.29) is 18.2 Å². The van der Waals surface area contributed by atoms with Gasteiger partial charge < -0.3 is 9.15 Å². The van der Waals surface area contributed by atoms with Crippen molar-refractivity contribution >= 4 is 17.8 Å². The zero-order chi connectivity index (χ0) is 15.2. The third-order valence-corrected chi connectivity index (χ3v) is 2.28. The van der Waals surface area contributed by atoms with E-state index in [0.717, 1.165) is 4.68 Å². The molecule has 21 heavy (non-hydrogen) atoms. The molecule has 0 radical (unpaired) electrons. The van der Waals surface area contributed by atoms with Crippen LogP contribution in [0.1, 0.15) is 28.1 Å². The highest BCUT2D eigenvalue weighted by molar-refractivity contribution is 6.03. The number of amides is 2. The fourth-order valence-electron chi connectivity index (χ4n) is 1.42. The quantitative estimate of drug-likeness (QED) is 0.723. The molecule has 110 valence electrons. The van der Waals surface area contributed by atoms with Crippen LogP contribution in [0.3, 0.4) is 0 Å². The second-order valence-electron chi connectivity index (χ2n) is 3.74. The third-order valence-electron chi connectivity index (χ3n) is 2.28. The molecule has 0 unspecified atom stereocenters. The van der Waals surface area contributed by atoms with E-state index >= 15 is 0 Å². The maximum Gasteiger partial charge on any atom is 0.378 e. The number of nitrogens with zero attached hydrogens (tertiary/aromatic N) is 4. The number of nitrogens with one attached hydrogen (secondary N) is 1. The van der Waals surface area contributed by atoms with Crippen LogP contribution in [-0.2, 0) is 16.1 Å². The van der Waals surface area contributed by atoms with Gasteiger partial charge in [-0.1, -0.05) is 0 Å². The molecule has 0 fully saturated rings. The van der Waals surface area contributed by atoms with E-state index in [9.17, 15) is 14.4 Å². The predicted octanol–water partition coefficient (Wildman–Crippen LogP) is -0.601. The molecule has 0 spiro atoms. The average Bonchev–Trinajstić information content (AvgIpc) is 3.09. The van der Waals surface area contributed by atoms with Crippen molar-refractivity contribution in [3.8, 4) is 0 Å². The fraction of sp³-hybridized carbons (Fsp3) is 0.273. The molecule has 1 N–H and O–H groups in total. The number of hydrogen-bond donors (Lipinski definition) is 1. The van der Waals surface area contributed by atoms with Gasteiger partial charge in [0.15, 0.2) is 5.76 Å². The van der Waals surface area contributed by atoms with Crippen molar-refractivity contribution in [3.63, 3.8) is 0 Å². The lowest BCUT2D eigenvalue weighted by molar-refractivity contribution is -0.120. The topological polar surface area (TPSA) is 129 Å². The summed E-state index contributed by atoms with van der Waals surface area (Å²) in [6.07, 6.45) is 1.31. The van der Waals surface area contributed by atoms with Crippen LogP contribution in [0.2, 0.25) is 0 Å². The van der Waals surface area contributed by atoms with Gasteiger partial charge in [-0.2, -0.15) is 0 Å². The number of furan rings is 1.